The van der Waals surface area contributed by atoms with E-state index in [1.807, 2.05) is 6.92 Å². The molecule has 4 fully saturated rings. The van der Waals surface area contributed by atoms with E-state index in [4.69, 9.17) is 9.47 Å². The zero-order valence-electron chi connectivity index (χ0n) is 38.0. The molecule has 5 aromatic rings. The summed E-state index contributed by atoms with van der Waals surface area (Å²) in [7, 11) is -4.69. The summed E-state index contributed by atoms with van der Waals surface area (Å²) < 4.78 is 57.0. The number of nitrogens with zero attached hydrogens (tertiary/aromatic N) is 4. The topological polar surface area (TPSA) is 180 Å². The van der Waals surface area contributed by atoms with Gasteiger partial charge in [0.15, 0.2) is 0 Å². The number of likely N-dealkylation sites (tertiary alicyclic amines) is 1. The fraction of sp³-hybridized carbons (Fsp3) is 0.480. The minimum atomic E-state index is -4.69. The second-order valence-electron chi connectivity index (χ2n) is 20.0. The first-order valence-corrected chi connectivity index (χ1v) is 25.9. The molecule has 67 heavy (non-hydrogen) atoms. The van der Waals surface area contributed by atoms with E-state index >= 15 is 0 Å². The van der Waals surface area contributed by atoms with Crippen LogP contribution in [0, 0.1) is 27.3 Å². The molecule has 3 aromatic carbocycles. The number of aliphatic hydroxyl groups is 1. The first kappa shape index (κ1) is 45.5. The lowest BCUT2D eigenvalue weighted by molar-refractivity contribution is -0.388. The number of sulfonamides is 1. The van der Waals surface area contributed by atoms with Crippen molar-refractivity contribution in [1.29, 1.82) is 0 Å². The lowest BCUT2D eigenvalue weighted by atomic mass is 9.59. The molecule has 2 saturated carbocycles. The van der Waals surface area contributed by atoms with Gasteiger partial charge in [-0.25, -0.2) is 22.5 Å². The summed E-state index contributed by atoms with van der Waals surface area (Å²) in [6.07, 6.45) is 12.0. The number of aromatic nitrogens is 2. The number of hydrogen-bond donors (Lipinski definition) is 3. The summed E-state index contributed by atoms with van der Waals surface area (Å²) in [4.78, 5) is 37.6. The van der Waals surface area contributed by atoms with Crippen LogP contribution in [0.25, 0.3) is 11.0 Å². The molecule has 1 amide bonds. The number of aromatic amines is 1. The Morgan fingerprint density at radius 2 is 1.82 bits per heavy atom. The molecule has 2 aliphatic carbocycles. The van der Waals surface area contributed by atoms with Gasteiger partial charge >= 0.3 is 0 Å². The van der Waals surface area contributed by atoms with E-state index in [0.717, 1.165) is 57.1 Å². The van der Waals surface area contributed by atoms with Gasteiger partial charge in [0.05, 0.1) is 32.6 Å². The van der Waals surface area contributed by atoms with Crippen LogP contribution < -0.4 is 19.1 Å². The molecule has 3 aliphatic heterocycles. The molecular weight excluding hydrogens is 896 g/mol. The highest BCUT2D eigenvalue weighted by Gasteiger charge is 2.50. The van der Waals surface area contributed by atoms with E-state index in [-0.39, 0.29) is 56.3 Å². The molecule has 5 aliphatic rings. The molecule has 2 aromatic heterocycles. The van der Waals surface area contributed by atoms with E-state index < -0.39 is 42.9 Å². The van der Waals surface area contributed by atoms with Crippen LogP contribution in [0.3, 0.4) is 0 Å². The molecule has 2 saturated heterocycles. The molecule has 354 valence electrons. The summed E-state index contributed by atoms with van der Waals surface area (Å²) in [6.45, 7) is 9.27. The Bertz CT molecular complexity index is 2830. The van der Waals surface area contributed by atoms with Gasteiger partial charge in [0.1, 0.15) is 40.2 Å². The van der Waals surface area contributed by atoms with E-state index in [1.54, 1.807) is 12.1 Å². The number of H-pyrrole nitrogens is 1. The maximum Gasteiger partial charge on any atom is 0.288 e. The van der Waals surface area contributed by atoms with Crippen molar-refractivity contribution in [2.45, 2.75) is 124 Å². The van der Waals surface area contributed by atoms with Gasteiger partial charge in [0, 0.05) is 60.5 Å². The van der Waals surface area contributed by atoms with Gasteiger partial charge < -0.3 is 24.5 Å². The number of ether oxygens (including phenoxy) is 2. The lowest BCUT2D eigenvalue weighted by Crippen LogP contribution is -2.54. The monoisotopic (exact) mass is 952 g/mol. The van der Waals surface area contributed by atoms with Crippen LogP contribution in [-0.4, -0.2) is 82.4 Å². The lowest BCUT2D eigenvalue weighted by Gasteiger charge is -2.56. The zero-order chi connectivity index (χ0) is 46.8. The first-order valence-electron chi connectivity index (χ1n) is 23.5. The molecule has 0 radical (unpaired) electrons. The molecule has 2 atom stereocenters. The molecule has 5 heterocycles. The number of nitrogens with one attached hydrogen (secondary N) is 2. The summed E-state index contributed by atoms with van der Waals surface area (Å²) in [5, 5.41) is 22.9. The van der Waals surface area contributed by atoms with Crippen molar-refractivity contribution in [1.82, 2.24) is 19.6 Å². The number of pyridine rings is 1. The summed E-state index contributed by atoms with van der Waals surface area (Å²) >= 11 is 1.29. The van der Waals surface area contributed by atoms with Gasteiger partial charge in [-0.15, -0.1) is 11.8 Å². The van der Waals surface area contributed by atoms with Crippen LogP contribution in [-0.2, 0) is 10.0 Å². The van der Waals surface area contributed by atoms with Gasteiger partial charge in [0.2, 0.25) is 0 Å². The van der Waals surface area contributed by atoms with Crippen molar-refractivity contribution >= 4 is 50.1 Å². The second-order valence-corrected chi connectivity index (χ2v) is 22.9. The number of piperidine rings is 1. The highest BCUT2D eigenvalue weighted by molar-refractivity contribution is 8.00. The van der Waals surface area contributed by atoms with Gasteiger partial charge in [-0.3, -0.25) is 19.8 Å². The molecule has 0 unspecified atom stereocenters. The maximum atomic E-state index is 14.7. The third kappa shape index (κ3) is 8.99. The fourth-order valence-electron chi connectivity index (χ4n) is 11.4. The standard InChI is InChI=1S/C50H57FN6O8S2/c1-30(2)36-7-4-5-8-37(36)41-9-6-18-56(41)33-25-50(26-33)16-19-55(20-17-50)32-10-11-38(43(21-32)65-34-22-39-40(51)28-53-47(39)52-27-34)48(58)54-67(62,63)35-23-42(57(60)61)46-44(24-35)64-29-45(66-46)31-12-14-49(3,59)15-13-31/h4-5,7-8,10-11,21-24,27-28,30-31,33,41,45,59H,6,9,12-20,25-26,29H2,1-3H3,(H,52,53)(H,54,58)/t31-,41-,45+,49-/m0/s1. The van der Waals surface area contributed by atoms with Gasteiger partial charge in [-0.1, -0.05) is 38.1 Å². The molecule has 1 spiro atoms. The van der Waals surface area contributed by atoms with Crippen LogP contribution in [0.2, 0.25) is 0 Å². The Labute approximate surface area is 394 Å². The summed E-state index contributed by atoms with van der Waals surface area (Å²) in [5.74, 6) is -0.715. The van der Waals surface area contributed by atoms with Crippen LogP contribution in [0.1, 0.15) is 118 Å². The maximum absolute atomic E-state index is 14.7. The number of anilines is 1. The van der Waals surface area contributed by atoms with Crippen LogP contribution in [0.15, 0.2) is 82.8 Å². The highest BCUT2D eigenvalue weighted by atomic mass is 32.2. The third-order valence-electron chi connectivity index (χ3n) is 15.2. The van der Waals surface area contributed by atoms with E-state index in [2.05, 4.69) is 62.6 Å². The van der Waals surface area contributed by atoms with Gasteiger partial charge in [0.25, 0.3) is 21.6 Å². The quantitative estimate of drug-likeness (QED) is 0.0844. The minimum Gasteiger partial charge on any atom is -0.491 e. The molecule has 3 N–H and O–H groups in total. The number of thioether (sulfide) groups is 1. The van der Waals surface area contributed by atoms with E-state index in [1.165, 1.54) is 79.2 Å². The Kier molecular flexibility index (Phi) is 12.0. The van der Waals surface area contributed by atoms with Crippen molar-refractivity contribution in [3.8, 4) is 17.2 Å². The summed E-state index contributed by atoms with van der Waals surface area (Å²) in [6, 6.07) is 18.5. The zero-order valence-corrected chi connectivity index (χ0v) is 39.6. The van der Waals surface area contributed by atoms with E-state index in [9.17, 15) is 32.8 Å². The van der Waals surface area contributed by atoms with Crippen molar-refractivity contribution < 1.29 is 37.1 Å². The second kappa shape index (κ2) is 17.7. The Hall–Kier alpha value is -5.23. The van der Waals surface area contributed by atoms with Gasteiger partial charge in [-0.05, 0) is 124 Å². The number of amides is 1. The normalized spacial score (nSPS) is 24.3. The number of benzene rings is 3. The average Bonchev–Trinajstić information content (AvgIpc) is 3.94. The molecule has 14 nitrogen and oxygen atoms in total. The van der Waals surface area contributed by atoms with Crippen molar-refractivity contribution in [2.24, 2.45) is 11.3 Å². The molecule has 10 rings (SSSR count). The highest BCUT2D eigenvalue weighted by Crippen LogP contribution is 2.55. The van der Waals surface area contributed by atoms with Crippen molar-refractivity contribution in [3.05, 3.63) is 106 Å². The third-order valence-corrected chi connectivity index (χ3v) is 18.0. The number of carbonyl (C=O) groups is 1. The number of carbonyl (C=O) groups excluding carboxylic acids is 1. The minimum absolute atomic E-state index is 0.0273. The van der Waals surface area contributed by atoms with Crippen molar-refractivity contribution in [2.75, 3.05) is 31.1 Å². The molecule has 0 bridgehead atoms. The Morgan fingerprint density at radius 3 is 2.57 bits per heavy atom. The van der Waals surface area contributed by atoms with Crippen LogP contribution in [0.4, 0.5) is 15.8 Å². The predicted octanol–water partition coefficient (Wildman–Crippen LogP) is 10.0. The molecule has 17 heteroatoms. The van der Waals surface area contributed by atoms with E-state index in [0.29, 0.717) is 36.5 Å². The Morgan fingerprint density at radius 1 is 1.06 bits per heavy atom. The first-order chi connectivity index (χ1) is 32.1. The Balaban J connectivity index is 0.863. The fourth-order valence-corrected chi connectivity index (χ4v) is 13.8. The number of hydrogen-bond acceptors (Lipinski definition) is 12. The number of nitro benzene ring substituents is 1. The predicted molar refractivity (Wildman–Crippen MR) is 254 cm³/mol. The van der Waals surface area contributed by atoms with Crippen LogP contribution >= 0.6 is 11.8 Å². The number of fused-ring (bicyclic) bond motifs is 2. The largest absolute Gasteiger partial charge is 0.491 e. The number of nitro groups is 1. The number of rotatable bonds is 11. The van der Waals surface area contributed by atoms with Gasteiger partial charge in [-0.2, -0.15) is 0 Å². The summed E-state index contributed by atoms with van der Waals surface area (Å²) in [5.41, 5.74) is 2.97. The van der Waals surface area contributed by atoms with Crippen LogP contribution in [0.5, 0.6) is 17.2 Å². The SMILES string of the molecule is CC(C)c1ccccc1[C@@H]1CCCN1C1CC2(CCN(c3ccc(C(=O)NS(=O)(=O)c4cc5c(c([N+](=O)[O-])c4)S[C@@H]([C@H]4CC[C@](C)(O)CC4)CO5)c(Oc4cnc5[nH]cc(F)c5c4)c3)CC2)C1. The average molecular weight is 953 g/mol. The number of halogens is 1. The van der Waals surface area contributed by atoms with Crippen molar-refractivity contribution in [3.63, 3.8) is 0 Å². The smallest absolute Gasteiger partial charge is 0.288 e. The molecular formula is C50H57FN6O8S2.